The number of carbonyl (C=O) groups is 3. The molecular formula is C15H28N2O4. The van der Waals surface area contributed by atoms with Gasteiger partial charge in [0.05, 0.1) is 0 Å². The van der Waals surface area contributed by atoms with Crippen LogP contribution in [0.25, 0.3) is 0 Å². The fourth-order valence-electron chi connectivity index (χ4n) is 2.09. The molecule has 0 aliphatic heterocycles. The summed E-state index contributed by atoms with van der Waals surface area (Å²) in [4.78, 5) is 33.7. The van der Waals surface area contributed by atoms with Crippen LogP contribution in [0.2, 0.25) is 0 Å². The fraction of sp³-hybridized carbons (Fsp3) is 0.800. The minimum atomic E-state index is -0.943. The van der Waals surface area contributed by atoms with Crippen LogP contribution in [0.3, 0.4) is 0 Å². The van der Waals surface area contributed by atoms with E-state index in [1.807, 2.05) is 0 Å². The fourth-order valence-corrected chi connectivity index (χ4v) is 2.09. The van der Waals surface area contributed by atoms with Crippen LogP contribution in [0.5, 0.6) is 0 Å². The maximum atomic E-state index is 11.6. The normalized spacial score (nSPS) is 13.3. The highest BCUT2D eigenvalue weighted by Gasteiger charge is 2.15. The Labute approximate surface area is 126 Å². The Morgan fingerprint density at radius 1 is 1.14 bits per heavy atom. The summed E-state index contributed by atoms with van der Waals surface area (Å²) in [6.45, 7) is 6.44. The van der Waals surface area contributed by atoms with E-state index < -0.39 is 17.9 Å². The molecule has 0 aromatic rings. The summed E-state index contributed by atoms with van der Waals surface area (Å²) in [7, 11) is 0. The van der Waals surface area contributed by atoms with Crippen molar-refractivity contribution in [3.8, 4) is 0 Å². The minimum Gasteiger partial charge on any atom is -0.481 e. The first-order chi connectivity index (χ1) is 9.88. The van der Waals surface area contributed by atoms with Gasteiger partial charge in [-0.25, -0.2) is 4.79 Å². The molecule has 2 unspecified atom stereocenters. The van der Waals surface area contributed by atoms with Gasteiger partial charge in [0, 0.05) is 19.4 Å². The van der Waals surface area contributed by atoms with Crippen molar-refractivity contribution in [2.24, 2.45) is 11.8 Å². The molecule has 0 saturated carbocycles. The van der Waals surface area contributed by atoms with E-state index in [4.69, 9.17) is 5.11 Å². The second kappa shape index (κ2) is 11.1. The van der Waals surface area contributed by atoms with Crippen LogP contribution in [0.4, 0.5) is 4.79 Å². The minimum absolute atomic E-state index is 0.0345. The van der Waals surface area contributed by atoms with Crippen molar-refractivity contribution in [3.63, 3.8) is 0 Å². The molecule has 21 heavy (non-hydrogen) atoms. The van der Waals surface area contributed by atoms with E-state index in [1.54, 1.807) is 6.92 Å². The second-order valence-electron chi connectivity index (χ2n) is 5.58. The Hall–Kier alpha value is -1.59. The number of hydrogen-bond acceptors (Lipinski definition) is 3. The van der Waals surface area contributed by atoms with Crippen molar-refractivity contribution in [2.75, 3.05) is 6.54 Å². The molecule has 3 N–H and O–H groups in total. The number of carboxylic acids is 1. The van der Waals surface area contributed by atoms with Crippen LogP contribution in [0.1, 0.15) is 59.3 Å². The number of amides is 3. The van der Waals surface area contributed by atoms with Crippen LogP contribution in [0.15, 0.2) is 0 Å². The molecule has 2 atom stereocenters. The topological polar surface area (TPSA) is 95.5 Å². The highest BCUT2D eigenvalue weighted by atomic mass is 16.4. The Bertz CT molecular complexity index is 345. The molecule has 0 aliphatic carbocycles. The molecule has 0 bridgehead atoms. The average molecular weight is 300 g/mol. The number of unbranched alkanes of at least 4 members (excludes halogenated alkanes) is 1. The Kier molecular flexibility index (Phi) is 10.3. The quantitative estimate of drug-likeness (QED) is 0.577. The van der Waals surface area contributed by atoms with E-state index >= 15 is 0 Å². The Morgan fingerprint density at radius 3 is 2.33 bits per heavy atom. The summed E-state index contributed by atoms with van der Waals surface area (Å²) in [5.41, 5.74) is 0. The molecule has 0 radical (unpaired) electrons. The zero-order chi connectivity index (χ0) is 16.3. The highest BCUT2D eigenvalue weighted by Crippen LogP contribution is 2.11. The largest absolute Gasteiger partial charge is 0.481 e. The number of hydrogen-bond donors (Lipinski definition) is 3. The molecule has 0 spiro atoms. The monoisotopic (exact) mass is 300 g/mol. The molecule has 0 aromatic heterocycles. The summed E-state index contributed by atoms with van der Waals surface area (Å²) in [5.74, 6) is -1.25. The van der Waals surface area contributed by atoms with Gasteiger partial charge in [0.25, 0.3) is 0 Å². The molecule has 0 saturated heterocycles. The van der Waals surface area contributed by atoms with Crippen molar-refractivity contribution in [2.45, 2.75) is 59.3 Å². The van der Waals surface area contributed by atoms with E-state index in [1.165, 1.54) is 0 Å². The van der Waals surface area contributed by atoms with Gasteiger partial charge < -0.3 is 10.4 Å². The molecule has 0 aromatic carbocycles. The lowest BCUT2D eigenvalue weighted by molar-refractivity contribution is -0.138. The first kappa shape index (κ1) is 19.4. The molecule has 0 heterocycles. The van der Waals surface area contributed by atoms with Crippen molar-refractivity contribution >= 4 is 17.9 Å². The Balaban J connectivity index is 3.96. The van der Waals surface area contributed by atoms with Crippen molar-refractivity contribution < 1.29 is 19.5 Å². The van der Waals surface area contributed by atoms with Gasteiger partial charge >= 0.3 is 12.0 Å². The van der Waals surface area contributed by atoms with Crippen LogP contribution < -0.4 is 10.6 Å². The van der Waals surface area contributed by atoms with Gasteiger partial charge in [0.15, 0.2) is 0 Å². The number of imide groups is 1. The summed E-state index contributed by atoms with van der Waals surface area (Å²) in [6.07, 6.45) is 4.27. The standard InChI is InChI=1S/C15H28N2O4/c1-4-6-7-12(5-2)10-16-15(21)17-13(18)8-11(3)9-14(19)20/h11-12H,4-10H2,1-3H3,(H,19,20)(H2,16,17,18,21). The average Bonchev–Trinajstić information content (AvgIpc) is 2.37. The van der Waals surface area contributed by atoms with E-state index in [9.17, 15) is 14.4 Å². The number of carboxylic acid groups (broad SMARTS) is 1. The first-order valence-electron chi connectivity index (χ1n) is 7.68. The molecular weight excluding hydrogens is 272 g/mol. The third-order valence-electron chi connectivity index (χ3n) is 3.40. The molecule has 3 amide bonds. The lowest BCUT2D eigenvalue weighted by Gasteiger charge is -2.15. The van der Waals surface area contributed by atoms with Crippen LogP contribution in [0, 0.1) is 11.8 Å². The van der Waals surface area contributed by atoms with Gasteiger partial charge in [-0.1, -0.05) is 40.0 Å². The van der Waals surface area contributed by atoms with Crippen molar-refractivity contribution in [3.05, 3.63) is 0 Å². The third-order valence-corrected chi connectivity index (χ3v) is 3.40. The molecule has 0 aliphatic rings. The van der Waals surface area contributed by atoms with Crippen LogP contribution in [-0.4, -0.2) is 29.6 Å². The third kappa shape index (κ3) is 10.8. The summed E-state index contributed by atoms with van der Waals surface area (Å²) < 4.78 is 0. The van der Waals surface area contributed by atoms with E-state index in [2.05, 4.69) is 24.5 Å². The lowest BCUT2D eigenvalue weighted by atomic mass is 9.99. The highest BCUT2D eigenvalue weighted by molar-refractivity contribution is 5.94. The van der Waals surface area contributed by atoms with Gasteiger partial charge in [0.2, 0.25) is 5.91 Å². The lowest BCUT2D eigenvalue weighted by Crippen LogP contribution is -2.41. The summed E-state index contributed by atoms with van der Waals surface area (Å²) in [6, 6.07) is -0.502. The molecule has 6 heteroatoms. The van der Waals surface area contributed by atoms with Gasteiger partial charge in [-0.2, -0.15) is 0 Å². The number of carbonyl (C=O) groups excluding carboxylic acids is 2. The molecule has 122 valence electrons. The smallest absolute Gasteiger partial charge is 0.321 e. The first-order valence-corrected chi connectivity index (χ1v) is 7.68. The number of urea groups is 1. The number of aliphatic carboxylic acids is 1. The summed E-state index contributed by atoms with van der Waals surface area (Å²) in [5, 5.41) is 13.5. The molecule has 0 fully saturated rings. The second-order valence-corrected chi connectivity index (χ2v) is 5.58. The van der Waals surface area contributed by atoms with Crippen LogP contribution in [-0.2, 0) is 9.59 Å². The SMILES string of the molecule is CCCCC(CC)CNC(=O)NC(=O)CC(C)CC(=O)O. The van der Waals surface area contributed by atoms with E-state index in [-0.39, 0.29) is 18.8 Å². The van der Waals surface area contributed by atoms with E-state index in [0.717, 1.165) is 25.7 Å². The molecule has 6 nitrogen and oxygen atoms in total. The van der Waals surface area contributed by atoms with Gasteiger partial charge in [0.1, 0.15) is 0 Å². The zero-order valence-corrected chi connectivity index (χ0v) is 13.3. The number of rotatable bonds is 10. The predicted molar refractivity (Wildman–Crippen MR) is 80.9 cm³/mol. The van der Waals surface area contributed by atoms with Gasteiger partial charge in [-0.3, -0.25) is 14.9 Å². The maximum absolute atomic E-state index is 11.6. The predicted octanol–water partition coefficient (Wildman–Crippen LogP) is 2.53. The summed E-state index contributed by atoms with van der Waals surface area (Å²) >= 11 is 0. The van der Waals surface area contributed by atoms with E-state index in [0.29, 0.717) is 12.5 Å². The van der Waals surface area contributed by atoms with Crippen LogP contribution >= 0.6 is 0 Å². The van der Waals surface area contributed by atoms with Crippen molar-refractivity contribution in [1.82, 2.24) is 10.6 Å². The van der Waals surface area contributed by atoms with Crippen molar-refractivity contribution in [1.29, 1.82) is 0 Å². The zero-order valence-electron chi connectivity index (χ0n) is 13.3. The number of nitrogens with one attached hydrogen (secondary N) is 2. The van der Waals surface area contributed by atoms with Gasteiger partial charge in [-0.05, 0) is 18.3 Å². The Morgan fingerprint density at radius 2 is 1.81 bits per heavy atom. The maximum Gasteiger partial charge on any atom is 0.321 e. The van der Waals surface area contributed by atoms with Gasteiger partial charge in [-0.15, -0.1) is 0 Å². The molecule has 0 rings (SSSR count).